The van der Waals surface area contributed by atoms with Crippen molar-refractivity contribution in [1.29, 1.82) is 5.26 Å². The van der Waals surface area contributed by atoms with E-state index in [1.807, 2.05) is 42.5 Å². The molecule has 0 unspecified atom stereocenters. The minimum Gasteiger partial charge on any atom is -0.456 e. The molecule has 10 aromatic rings. The van der Waals surface area contributed by atoms with Gasteiger partial charge in [0.2, 0.25) is 0 Å². The minimum absolute atomic E-state index is 0.0278. The molecule has 2 aliphatic rings. The normalized spacial score (nSPS) is 13.8. The number of benzene rings is 8. The number of furan rings is 1. The van der Waals surface area contributed by atoms with Crippen molar-refractivity contribution in [2.45, 2.75) is 37.5 Å². The third-order valence-corrected chi connectivity index (χ3v) is 13.4. The summed E-state index contributed by atoms with van der Waals surface area (Å²) in [4.78, 5) is 15.3. The van der Waals surface area contributed by atoms with Crippen LogP contribution < -0.4 is 0 Å². The lowest BCUT2D eigenvalue weighted by molar-refractivity contribution is 0.353. The largest absolute Gasteiger partial charge is 0.456 e. The van der Waals surface area contributed by atoms with E-state index in [1.165, 1.54) is 52.6 Å². The number of para-hydroxylation sites is 1. The summed E-state index contributed by atoms with van der Waals surface area (Å²) >= 11 is 0. The molecule has 5 heteroatoms. The summed E-state index contributed by atoms with van der Waals surface area (Å²) in [7, 11) is 0. The van der Waals surface area contributed by atoms with Crippen LogP contribution in [-0.2, 0) is 5.41 Å². The monoisotopic (exact) mass is 808 g/mol. The Kier molecular flexibility index (Phi) is 8.72. The molecule has 8 aromatic carbocycles. The molecule has 0 N–H and O–H groups in total. The highest BCUT2D eigenvalue weighted by Crippen LogP contribution is 2.58. The van der Waals surface area contributed by atoms with Crippen molar-refractivity contribution in [3.05, 3.63) is 199 Å². The molecule has 1 spiro atoms. The quantitative estimate of drug-likeness (QED) is 0.167. The van der Waals surface area contributed by atoms with Crippen molar-refractivity contribution in [2.75, 3.05) is 0 Å². The van der Waals surface area contributed by atoms with E-state index in [2.05, 4.69) is 146 Å². The molecule has 0 bridgehead atoms. The zero-order chi connectivity index (χ0) is 41.9. The SMILES string of the molecule is N#Cc1ccc2c(c1)C1(CCCCC1)c1cccc(-c3cccc(-c4ccc(-c5nc(-c6ccc(-c7ccccc7)cc6)nc(-c6ccc7oc8ccccc8c7c6)n5)cc4)c3)c1-2. The topological polar surface area (TPSA) is 75.6 Å². The summed E-state index contributed by atoms with van der Waals surface area (Å²) in [6.07, 6.45) is 5.93. The second kappa shape index (κ2) is 14.9. The van der Waals surface area contributed by atoms with Crippen LogP contribution >= 0.6 is 0 Å². The Morgan fingerprint density at radius 3 is 1.75 bits per heavy atom. The average Bonchev–Trinajstić information content (AvgIpc) is 3.86. The predicted molar refractivity (Wildman–Crippen MR) is 254 cm³/mol. The van der Waals surface area contributed by atoms with Gasteiger partial charge in [-0.3, -0.25) is 0 Å². The molecule has 2 heterocycles. The van der Waals surface area contributed by atoms with Gasteiger partial charge in [0.1, 0.15) is 11.2 Å². The van der Waals surface area contributed by atoms with Gasteiger partial charge in [-0.05, 0) is 111 Å². The first-order valence-corrected chi connectivity index (χ1v) is 21.9. The maximum absolute atomic E-state index is 9.88. The number of nitrogens with zero attached hydrogens (tertiary/aromatic N) is 4. The molecule has 0 aliphatic heterocycles. The molecule has 298 valence electrons. The van der Waals surface area contributed by atoms with E-state index in [1.54, 1.807) is 0 Å². The van der Waals surface area contributed by atoms with Crippen molar-refractivity contribution >= 4 is 21.9 Å². The second-order valence-corrected chi connectivity index (χ2v) is 17.0. The van der Waals surface area contributed by atoms with Crippen LogP contribution in [0.25, 0.3) is 101 Å². The number of aromatic nitrogens is 3. The third-order valence-electron chi connectivity index (χ3n) is 13.4. The first-order chi connectivity index (χ1) is 31.1. The summed E-state index contributed by atoms with van der Waals surface area (Å²) in [5.74, 6) is 1.82. The van der Waals surface area contributed by atoms with E-state index in [0.717, 1.165) is 79.3 Å². The van der Waals surface area contributed by atoms with Crippen LogP contribution in [0.3, 0.4) is 0 Å². The summed E-state index contributed by atoms with van der Waals surface area (Å²) in [6.45, 7) is 0. The molecule has 0 atom stereocenters. The summed E-state index contributed by atoms with van der Waals surface area (Å²) < 4.78 is 6.16. The summed E-state index contributed by atoms with van der Waals surface area (Å²) in [5, 5.41) is 12.0. The standard InChI is InChI=1S/C58H40N4O/c59-36-37-19-29-48-51(33-37)58(31-7-2-8-32-58)50-17-10-16-46(54(48)50)44-14-9-13-43(34-44)40-22-26-42(27-23-40)56-60-55(41-24-20-39(21-25-41)38-11-3-1-4-12-38)61-57(62-56)45-28-30-53-49(35-45)47-15-5-6-18-52(47)63-53/h1,3-6,9-30,33-35H,2,7-8,31-32H2. The van der Waals surface area contributed by atoms with Crippen LogP contribution in [0.4, 0.5) is 0 Å². The summed E-state index contributed by atoms with van der Waals surface area (Å²) in [6, 6.07) is 66.2. The highest BCUT2D eigenvalue weighted by Gasteiger charge is 2.44. The van der Waals surface area contributed by atoms with Crippen molar-refractivity contribution in [2.24, 2.45) is 0 Å². The van der Waals surface area contributed by atoms with E-state index in [4.69, 9.17) is 19.4 Å². The van der Waals surface area contributed by atoms with Gasteiger partial charge in [0, 0.05) is 32.9 Å². The lowest BCUT2D eigenvalue weighted by Crippen LogP contribution is -2.28. The maximum atomic E-state index is 9.88. The van der Waals surface area contributed by atoms with Gasteiger partial charge in [-0.25, -0.2) is 15.0 Å². The molecular weight excluding hydrogens is 769 g/mol. The van der Waals surface area contributed by atoms with Crippen LogP contribution in [0.2, 0.25) is 0 Å². The number of fused-ring (bicyclic) bond motifs is 8. The van der Waals surface area contributed by atoms with E-state index in [0.29, 0.717) is 17.5 Å². The van der Waals surface area contributed by atoms with E-state index >= 15 is 0 Å². The fraction of sp³-hybridized carbons (Fsp3) is 0.103. The maximum Gasteiger partial charge on any atom is 0.164 e. The Hall–Kier alpha value is -7.94. The molecule has 0 amide bonds. The fourth-order valence-electron chi connectivity index (χ4n) is 10.3. The van der Waals surface area contributed by atoms with Crippen LogP contribution in [0.5, 0.6) is 0 Å². The molecule has 1 saturated carbocycles. The van der Waals surface area contributed by atoms with Crippen molar-refractivity contribution in [1.82, 2.24) is 15.0 Å². The highest BCUT2D eigenvalue weighted by atomic mass is 16.3. The number of nitriles is 1. The van der Waals surface area contributed by atoms with Crippen LogP contribution in [0.15, 0.2) is 186 Å². The Morgan fingerprint density at radius 1 is 0.413 bits per heavy atom. The molecule has 63 heavy (non-hydrogen) atoms. The Morgan fingerprint density at radius 2 is 1.00 bits per heavy atom. The van der Waals surface area contributed by atoms with Gasteiger partial charge < -0.3 is 4.42 Å². The molecule has 12 rings (SSSR count). The Bertz CT molecular complexity index is 3430. The van der Waals surface area contributed by atoms with Crippen LogP contribution in [0, 0.1) is 11.3 Å². The van der Waals surface area contributed by atoms with Crippen molar-refractivity contribution in [3.63, 3.8) is 0 Å². The van der Waals surface area contributed by atoms with Crippen LogP contribution in [0.1, 0.15) is 48.8 Å². The van der Waals surface area contributed by atoms with Gasteiger partial charge in [-0.15, -0.1) is 0 Å². The smallest absolute Gasteiger partial charge is 0.164 e. The predicted octanol–water partition coefficient (Wildman–Crippen LogP) is 14.9. The van der Waals surface area contributed by atoms with Gasteiger partial charge in [-0.2, -0.15) is 5.26 Å². The average molecular weight is 809 g/mol. The van der Waals surface area contributed by atoms with Crippen LogP contribution in [-0.4, -0.2) is 15.0 Å². The first-order valence-electron chi connectivity index (χ1n) is 21.9. The van der Waals surface area contributed by atoms with Crippen molar-refractivity contribution < 1.29 is 4.42 Å². The van der Waals surface area contributed by atoms with Gasteiger partial charge in [0.05, 0.1) is 11.6 Å². The zero-order valence-corrected chi connectivity index (χ0v) is 34.6. The number of rotatable bonds is 6. The zero-order valence-electron chi connectivity index (χ0n) is 34.6. The van der Waals surface area contributed by atoms with E-state index < -0.39 is 0 Å². The second-order valence-electron chi connectivity index (χ2n) is 17.0. The molecule has 0 radical (unpaired) electrons. The lowest BCUT2D eigenvalue weighted by atomic mass is 9.67. The molecule has 2 aromatic heterocycles. The Balaban J connectivity index is 0.923. The molecular formula is C58H40N4O. The lowest BCUT2D eigenvalue weighted by Gasteiger charge is -2.36. The fourth-order valence-corrected chi connectivity index (χ4v) is 10.3. The molecule has 2 aliphatic carbocycles. The summed E-state index contributed by atoms with van der Waals surface area (Å²) in [5.41, 5.74) is 17.4. The molecule has 5 nitrogen and oxygen atoms in total. The first kappa shape index (κ1) is 36.9. The molecule has 0 saturated heterocycles. The van der Waals surface area contributed by atoms with Gasteiger partial charge in [0.15, 0.2) is 17.5 Å². The van der Waals surface area contributed by atoms with Crippen molar-refractivity contribution in [3.8, 4) is 84.7 Å². The number of hydrogen-bond acceptors (Lipinski definition) is 5. The van der Waals surface area contributed by atoms with E-state index in [-0.39, 0.29) is 5.41 Å². The molecule has 1 fully saturated rings. The van der Waals surface area contributed by atoms with Gasteiger partial charge in [-0.1, -0.05) is 159 Å². The Labute approximate surface area is 366 Å². The highest BCUT2D eigenvalue weighted by molar-refractivity contribution is 6.06. The van der Waals surface area contributed by atoms with E-state index in [9.17, 15) is 5.26 Å². The van der Waals surface area contributed by atoms with Gasteiger partial charge >= 0.3 is 0 Å². The number of hydrogen-bond donors (Lipinski definition) is 0. The third kappa shape index (κ3) is 6.25. The minimum atomic E-state index is -0.0278. The van der Waals surface area contributed by atoms with Gasteiger partial charge in [0.25, 0.3) is 0 Å².